The Morgan fingerprint density at radius 2 is 1.93 bits per heavy atom. The lowest BCUT2D eigenvalue weighted by Gasteiger charge is -2.33. The monoisotopic (exact) mass is 418 g/mol. The Balaban J connectivity index is 1.53. The number of carbonyl (C=O) groups is 1. The van der Waals surface area contributed by atoms with E-state index in [4.69, 9.17) is 9.47 Å². The van der Waals surface area contributed by atoms with Crippen LogP contribution < -0.4 is 19.1 Å². The van der Waals surface area contributed by atoms with E-state index in [1.54, 1.807) is 24.3 Å². The second kappa shape index (κ2) is 9.17. The predicted octanol–water partition coefficient (Wildman–Crippen LogP) is 2.36. The van der Waals surface area contributed by atoms with Gasteiger partial charge in [-0.1, -0.05) is 37.6 Å². The molecular weight excluding hydrogens is 392 g/mol. The van der Waals surface area contributed by atoms with Gasteiger partial charge in [0.1, 0.15) is 18.1 Å². The summed E-state index contributed by atoms with van der Waals surface area (Å²) in [6.45, 7) is 2.66. The van der Waals surface area contributed by atoms with Crippen LogP contribution in [-0.2, 0) is 21.2 Å². The second-order valence-corrected chi connectivity index (χ2v) is 8.81. The molecule has 0 fully saturated rings. The van der Waals surface area contributed by atoms with Crippen molar-refractivity contribution < 1.29 is 22.7 Å². The molecule has 0 aromatic heterocycles. The Hall–Kier alpha value is -2.74. The fourth-order valence-electron chi connectivity index (χ4n) is 3.15. The first-order chi connectivity index (χ1) is 13.9. The number of carbonyl (C=O) groups excluding carboxylic acids is 1. The molecule has 1 N–H and O–H groups in total. The zero-order valence-corrected chi connectivity index (χ0v) is 17.4. The number of para-hydroxylation sites is 2. The number of amides is 1. The van der Waals surface area contributed by atoms with Gasteiger partial charge in [0.25, 0.3) is 5.91 Å². The van der Waals surface area contributed by atoms with Crippen LogP contribution in [0.15, 0.2) is 48.5 Å². The van der Waals surface area contributed by atoms with Gasteiger partial charge in [0.2, 0.25) is 10.0 Å². The molecule has 1 heterocycles. The number of anilines is 1. The molecule has 0 bridgehead atoms. The van der Waals surface area contributed by atoms with Gasteiger partial charge in [-0.05, 0) is 36.2 Å². The molecule has 0 radical (unpaired) electrons. The maximum absolute atomic E-state index is 12.5. The van der Waals surface area contributed by atoms with Gasteiger partial charge in [0.15, 0.2) is 6.10 Å². The van der Waals surface area contributed by atoms with Gasteiger partial charge in [0, 0.05) is 0 Å². The van der Waals surface area contributed by atoms with Crippen molar-refractivity contribution in [2.24, 2.45) is 0 Å². The highest BCUT2D eigenvalue weighted by Crippen LogP contribution is 2.34. The lowest BCUT2D eigenvalue weighted by Crippen LogP contribution is -2.51. The van der Waals surface area contributed by atoms with Crippen LogP contribution in [-0.4, -0.2) is 46.4 Å². The number of benzene rings is 2. The second-order valence-electron chi connectivity index (χ2n) is 6.90. The molecule has 2 aromatic rings. The van der Waals surface area contributed by atoms with Crippen molar-refractivity contribution >= 4 is 21.6 Å². The predicted molar refractivity (Wildman–Crippen MR) is 112 cm³/mol. The molecule has 0 saturated heterocycles. The van der Waals surface area contributed by atoms with Gasteiger partial charge in [-0.15, -0.1) is 0 Å². The Morgan fingerprint density at radius 1 is 1.21 bits per heavy atom. The van der Waals surface area contributed by atoms with Crippen molar-refractivity contribution in [3.63, 3.8) is 0 Å². The first-order valence-corrected chi connectivity index (χ1v) is 11.5. The largest absolute Gasteiger partial charge is 0.492 e. The van der Waals surface area contributed by atoms with Crippen LogP contribution in [0.4, 0.5) is 5.69 Å². The van der Waals surface area contributed by atoms with E-state index < -0.39 is 16.1 Å². The average Bonchev–Trinajstić information content (AvgIpc) is 2.71. The summed E-state index contributed by atoms with van der Waals surface area (Å²) in [4.78, 5) is 12.5. The maximum Gasteiger partial charge on any atom is 0.263 e. The summed E-state index contributed by atoms with van der Waals surface area (Å²) in [5.41, 5.74) is 1.70. The fourth-order valence-corrected chi connectivity index (χ4v) is 4.07. The highest BCUT2D eigenvalue weighted by molar-refractivity contribution is 7.92. The maximum atomic E-state index is 12.5. The smallest absolute Gasteiger partial charge is 0.263 e. The van der Waals surface area contributed by atoms with Crippen molar-refractivity contribution in [3.8, 4) is 11.5 Å². The zero-order valence-electron chi connectivity index (χ0n) is 16.6. The van der Waals surface area contributed by atoms with E-state index in [1.165, 1.54) is 9.87 Å². The van der Waals surface area contributed by atoms with Crippen LogP contribution in [0.5, 0.6) is 11.5 Å². The number of fused-ring (bicyclic) bond motifs is 1. The van der Waals surface area contributed by atoms with E-state index in [-0.39, 0.29) is 19.0 Å². The van der Waals surface area contributed by atoms with Crippen molar-refractivity contribution in [1.82, 2.24) is 5.32 Å². The molecular formula is C21H26N2O5S. The van der Waals surface area contributed by atoms with E-state index in [9.17, 15) is 13.2 Å². The molecule has 156 valence electrons. The molecule has 0 saturated carbocycles. The first-order valence-electron chi connectivity index (χ1n) is 9.61. The summed E-state index contributed by atoms with van der Waals surface area (Å²) in [5, 5.41) is 2.75. The molecule has 2 aromatic carbocycles. The molecule has 0 aliphatic carbocycles. The van der Waals surface area contributed by atoms with Gasteiger partial charge in [-0.2, -0.15) is 0 Å². The van der Waals surface area contributed by atoms with E-state index >= 15 is 0 Å². The number of aryl methyl sites for hydroxylation is 1. The average molecular weight is 419 g/mol. The van der Waals surface area contributed by atoms with Crippen molar-refractivity contribution in [3.05, 3.63) is 54.1 Å². The third-order valence-corrected chi connectivity index (χ3v) is 5.71. The number of nitrogens with zero attached hydrogens (tertiary/aromatic N) is 1. The van der Waals surface area contributed by atoms with Crippen LogP contribution in [0, 0.1) is 0 Å². The number of hydrogen-bond donors (Lipinski definition) is 1. The molecule has 3 rings (SSSR count). The van der Waals surface area contributed by atoms with Gasteiger partial charge >= 0.3 is 0 Å². The summed E-state index contributed by atoms with van der Waals surface area (Å²) >= 11 is 0. The third kappa shape index (κ3) is 5.41. The van der Waals surface area contributed by atoms with Gasteiger partial charge in [0.05, 0.1) is 25.0 Å². The van der Waals surface area contributed by atoms with Crippen LogP contribution in [0.1, 0.15) is 18.9 Å². The standard InChI is InChI=1S/C21H26N2O5S/c1-3-6-16-9-11-17(12-10-16)27-14-13-22-21(24)20-15-23(29(2,25)26)18-7-4-5-8-19(18)28-20/h4-5,7-12,20H,3,6,13-15H2,1-2H3,(H,22,24)/t20-/m0/s1. The van der Waals surface area contributed by atoms with Gasteiger partial charge in [-0.3, -0.25) is 9.10 Å². The van der Waals surface area contributed by atoms with Gasteiger partial charge in [-0.25, -0.2) is 8.42 Å². The van der Waals surface area contributed by atoms with Crippen molar-refractivity contribution in [2.45, 2.75) is 25.9 Å². The Bertz CT molecular complexity index is 944. The lowest BCUT2D eigenvalue weighted by molar-refractivity contribution is -0.127. The number of ether oxygens (including phenoxy) is 2. The van der Waals surface area contributed by atoms with Gasteiger partial charge < -0.3 is 14.8 Å². The van der Waals surface area contributed by atoms with Crippen LogP contribution in [0.2, 0.25) is 0 Å². The molecule has 0 spiro atoms. The minimum absolute atomic E-state index is 0.0680. The summed E-state index contributed by atoms with van der Waals surface area (Å²) in [6.07, 6.45) is 2.32. The molecule has 29 heavy (non-hydrogen) atoms. The molecule has 8 heteroatoms. The van der Waals surface area contributed by atoms with E-state index in [0.29, 0.717) is 18.0 Å². The molecule has 1 atom stereocenters. The van der Waals surface area contributed by atoms with E-state index in [1.807, 2.05) is 24.3 Å². The quantitative estimate of drug-likeness (QED) is 0.666. The lowest BCUT2D eigenvalue weighted by atomic mass is 10.1. The molecule has 1 aliphatic heterocycles. The number of hydrogen-bond acceptors (Lipinski definition) is 5. The summed E-state index contributed by atoms with van der Waals surface area (Å²) in [6, 6.07) is 14.7. The topological polar surface area (TPSA) is 84.9 Å². The number of sulfonamides is 1. The first kappa shape index (κ1) is 21.0. The van der Waals surface area contributed by atoms with E-state index in [2.05, 4.69) is 12.2 Å². The highest BCUT2D eigenvalue weighted by atomic mass is 32.2. The minimum Gasteiger partial charge on any atom is -0.492 e. The summed E-state index contributed by atoms with van der Waals surface area (Å²) < 4.78 is 36.8. The van der Waals surface area contributed by atoms with Crippen molar-refractivity contribution in [2.75, 3.05) is 30.3 Å². The van der Waals surface area contributed by atoms with Crippen LogP contribution in [0.3, 0.4) is 0 Å². The summed E-state index contributed by atoms with van der Waals surface area (Å²) in [7, 11) is -3.53. The summed E-state index contributed by atoms with van der Waals surface area (Å²) in [5.74, 6) is 0.730. The normalized spacial score (nSPS) is 15.9. The molecule has 0 unspecified atom stereocenters. The number of nitrogens with one attached hydrogen (secondary N) is 1. The molecule has 1 amide bonds. The minimum atomic E-state index is -3.53. The number of rotatable bonds is 8. The molecule has 1 aliphatic rings. The SMILES string of the molecule is CCCc1ccc(OCCNC(=O)[C@@H]2CN(S(C)(=O)=O)c3ccccc3O2)cc1. The van der Waals surface area contributed by atoms with Crippen LogP contribution >= 0.6 is 0 Å². The Morgan fingerprint density at radius 3 is 2.62 bits per heavy atom. The highest BCUT2D eigenvalue weighted by Gasteiger charge is 2.34. The fraction of sp³-hybridized carbons (Fsp3) is 0.381. The van der Waals surface area contributed by atoms with E-state index in [0.717, 1.165) is 24.8 Å². The Labute approximate surface area is 171 Å². The zero-order chi connectivity index (χ0) is 20.9. The van der Waals surface area contributed by atoms with Crippen molar-refractivity contribution in [1.29, 1.82) is 0 Å². The van der Waals surface area contributed by atoms with Crippen LogP contribution in [0.25, 0.3) is 0 Å². The molecule has 7 nitrogen and oxygen atoms in total. The third-order valence-electron chi connectivity index (χ3n) is 4.56. The Kier molecular flexibility index (Phi) is 6.64.